The molecule has 1 atom stereocenters. The predicted molar refractivity (Wildman–Crippen MR) is 79.4 cm³/mol. The van der Waals surface area contributed by atoms with Crippen molar-refractivity contribution in [2.75, 3.05) is 0 Å². The highest BCUT2D eigenvalue weighted by Crippen LogP contribution is 2.24. The average Bonchev–Trinajstić information content (AvgIpc) is 2.49. The van der Waals surface area contributed by atoms with Crippen molar-refractivity contribution in [2.45, 2.75) is 77.4 Å². The van der Waals surface area contributed by atoms with Crippen molar-refractivity contribution >= 4 is 12.0 Å². The zero-order valence-electron chi connectivity index (χ0n) is 13.0. The Morgan fingerprint density at radius 1 is 1.45 bits per heavy atom. The minimum atomic E-state index is -0.574. The largest absolute Gasteiger partial charge is 0.443 e. The van der Waals surface area contributed by atoms with E-state index in [2.05, 4.69) is 6.58 Å². The van der Waals surface area contributed by atoms with Crippen LogP contribution in [0.2, 0.25) is 0 Å². The Bertz CT molecular complexity index is 357. The first-order chi connectivity index (χ1) is 9.35. The molecular weight excluding hydrogens is 254 g/mol. The van der Waals surface area contributed by atoms with E-state index in [9.17, 15) is 9.59 Å². The Morgan fingerprint density at radius 2 is 2.15 bits per heavy atom. The van der Waals surface area contributed by atoms with Crippen LogP contribution in [0, 0.1) is 0 Å². The number of amides is 2. The number of imide groups is 1. The van der Waals surface area contributed by atoms with Gasteiger partial charge >= 0.3 is 6.09 Å². The third-order valence-corrected chi connectivity index (χ3v) is 3.35. The molecule has 1 heterocycles. The van der Waals surface area contributed by atoms with Gasteiger partial charge in [-0.3, -0.25) is 4.79 Å². The van der Waals surface area contributed by atoms with Gasteiger partial charge in [0.1, 0.15) is 5.60 Å². The number of hydrogen-bond donors (Lipinski definition) is 0. The van der Waals surface area contributed by atoms with E-state index in [1.54, 1.807) is 0 Å². The lowest BCUT2D eigenvalue weighted by Crippen LogP contribution is -2.46. The van der Waals surface area contributed by atoms with Crippen LogP contribution in [0.4, 0.5) is 4.79 Å². The summed E-state index contributed by atoms with van der Waals surface area (Å²) in [6.07, 6.45) is 7.23. The number of likely N-dealkylation sites (tertiary alicyclic amines) is 1. The van der Waals surface area contributed by atoms with Crippen molar-refractivity contribution in [1.82, 2.24) is 4.90 Å². The molecule has 114 valence electrons. The first-order valence-corrected chi connectivity index (χ1v) is 7.51. The van der Waals surface area contributed by atoms with E-state index in [4.69, 9.17) is 4.74 Å². The molecule has 1 fully saturated rings. The molecule has 0 aromatic carbocycles. The van der Waals surface area contributed by atoms with Gasteiger partial charge in [0, 0.05) is 12.5 Å². The van der Waals surface area contributed by atoms with Crippen LogP contribution >= 0.6 is 0 Å². The van der Waals surface area contributed by atoms with Gasteiger partial charge in [0.15, 0.2) is 0 Å². The summed E-state index contributed by atoms with van der Waals surface area (Å²) in [6.45, 7) is 9.17. The van der Waals surface area contributed by atoms with Crippen molar-refractivity contribution in [3.63, 3.8) is 0 Å². The summed E-state index contributed by atoms with van der Waals surface area (Å²) in [6, 6.07) is -0.0280. The van der Waals surface area contributed by atoms with Crippen molar-refractivity contribution < 1.29 is 14.3 Å². The SMILES string of the molecule is C=CCCC[C@@H]1CCCCC(=O)N1C(=O)OC(C)(C)C. The minimum Gasteiger partial charge on any atom is -0.443 e. The van der Waals surface area contributed by atoms with Gasteiger partial charge < -0.3 is 4.74 Å². The molecule has 0 aromatic heterocycles. The van der Waals surface area contributed by atoms with Gasteiger partial charge in [-0.1, -0.05) is 12.5 Å². The molecule has 1 rings (SSSR count). The molecule has 0 aromatic rings. The van der Waals surface area contributed by atoms with Gasteiger partial charge in [0.2, 0.25) is 5.91 Å². The summed E-state index contributed by atoms with van der Waals surface area (Å²) in [4.78, 5) is 25.8. The van der Waals surface area contributed by atoms with Gasteiger partial charge in [-0.25, -0.2) is 9.69 Å². The normalized spacial score (nSPS) is 20.4. The van der Waals surface area contributed by atoms with Crippen molar-refractivity contribution in [3.8, 4) is 0 Å². The monoisotopic (exact) mass is 281 g/mol. The first-order valence-electron chi connectivity index (χ1n) is 7.51. The van der Waals surface area contributed by atoms with Crippen molar-refractivity contribution in [1.29, 1.82) is 0 Å². The molecule has 0 unspecified atom stereocenters. The Kier molecular flexibility index (Phi) is 6.24. The summed E-state index contributed by atoms with van der Waals surface area (Å²) in [5.41, 5.74) is -0.574. The fraction of sp³-hybridized carbons (Fsp3) is 0.750. The smallest absolute Gasteiger partial charge is 0.417 e. The van der Waals surface area contributed by atoms with Gasteiger partial charge in [0.05, 0.1) is 0 Å². The van der Waals surface area contributed by atoms with E-state index in [0.29, 0.717) is 6.42 Å². The third kappa shape index (κ3) is 5.35. The molecule has 0 bridgehead atoms. The lowest BCUT2D eigenvalue weighted by molar-refractivity contribution is -0.132. The molecule has 0 saturated carbocycles. The molecule has 0 radical (unpaired) electrons. The highest BCUT2D eigenvalue weighted by Gasteiger charge is 2.34. The van der Waals surface area contributed by atoms with Crippen LogP contribution in [0.15, 0.2) is 12.7 Å². The van der Waals surface area contributed by atoms with Gasteiger partial charge in [0.25, 0.3) is 0 Å². The lowest BCUT2D eigenvalue weighted by atomic mass is 10.0. The summed E-state index contributed by atoms with van der Waals surface area (Å²) in [5.74, 6) is -0.0969. The maximum Gasteiger partial charge on any atom is 0.417 e. The first kappa shape index (κ1) is 16.7. The van der Waals surface area contributed by atoms with Crippen LogP contribution in [0.5, 0.6) is 0 Å². The maximum absolute atomic E-state index is 12.3. The minimum absolute atomic E-state index is 0.0280. The fourth-order valence-corrected chi connectivity index (χ4v) is 2.44. The number of carbonyl (C=O) groups excluding carboxylic acids is 2. The summed E-state index contributed by atoms with van der Waals surface area (Å²) >= 11 is 0. The fourth-order valence-electron chi connectivity index (χ4n) is 2.44. The summed E-state index contributed by atoms with van der Waals surface area (Å²) in [5, 5.41) is 0. The topological polar surface area (TPSA) is 46.6 Å². The van der Waals surface area contributed by atoms with Gasteiger partial charge in [-0.15, -0.1) is 6.58 Å². The van der Waals surface area contributed by atoms with Crippen LogP contribution < -0.4 is 0 Å². The molecule has 0 N–H and O–H groups in total. The Morgan fingerprint density at radius 3 is 2.75 bits per heavy atom. The van der Waals surface area contributed by atoms with Crippen LogP contribution in [0.1, 0.15) is 65.7 Å². The van der Waals surface area contributed by atoms with Gasteiger partial charge in [-0.2, -0.15) is 0 Å². The summed E-state index contributed by atoms with van der Waals surface area (Å²) in [7, 11) is 0. The Balaban J connectivity index is 2.78. The van der Waals surface area contributed by atoms with Crippen molar-refractivity contribution in [2.24, 2.45) is 0 Å². The molecule has 0 spiro atoms. The van der Waals surface area contributed by atoms with Crippen LogP contribution in [0.25, 0.3) is 0 Å². The number of carbonyl (C=O) groups is 2. The molecule has 1 aliphatic heterocycles. The maximum atomic E-state index is 12.3. The molecule has 2 amide bonds. The number of ether oxygens (including phenoxy) is 1. The Labute approximate surface area is 122 Å². The molecule has 0 aliphatic carbocycles. The highest BCUT2D eigenvalue weighted by atomic mass is 16.6. The molecule has 1 saturated heterocycles. The number of allylic oxidation sites excluding steroid dienone is 1. The van der Waals surface area contributed by atoms with E-state index in [1.165, 1.54) is 4.90 Å². The lowest BCUT2D eigenvalue weighted by Gasteiger charge is -2.30. The number of rotatable bonds is 4. The quantitative estimate of drug-likeness (QED) is 0.577. The second-order valence-electron chi connectivity index (χ2n) is 6.36. The standard InChI is InChI=1S/C16H27NO3/c1-5-6-7-10-13-11-8-9-12-14(18)17(13)15(19)20-16(2,3)4/h5,13H,1,6-12H2,2-4H3/t13-/m1/s1. The Hall–Kier alpha value is -1.32. The number of unbranched alkanes of at least 4 members (excludes halogenated alkanes) is 1. The van der Waals surface area contributed by atoms with Crippen LogP contribution in [-0.2, 0) is 9.53 Å². The second kappa shape index (κ2) is 7.46. The molecule has 4 nitrogen and oxygen atoms in total. The van der Waals surface area contributed by atoms with E-state index in [1.807, 2.05) is 26.8 Å². The predicted octanol–water partition coefficient (Wildman–Crippen LogP) is 4.05. The zero-order chi connectivity index (χ0) is 15.2. The average molecular weight is 281 g/mol. The van der Waals surface area contributed by atoms with Crippen LogP contribution in [0.3, 0.4) is 0 Å². The van der Waals surface area contributed by atoms with Crippen molar-refractivity contribution in [3.05, 3.63) is 12.7 Å². The molecule has 4 heteroatoms. The van der Waals surface area contributed by atoms with E-state index < -0.39 is 11.7 Å². The molecular formula is C16H27NO3. The number of hydrogen-bond acceptors (Lipinski definition) is 3. The van der Waals surface area contributed by atoms with E-state index in [-0.39, 0.29) is 11.9 Å². The van der Waals surface area contributed by atoms with Crippen LogP contribution in [-0.4, -0.2) is 28.5 Å². The second-order valence-corrected chi connectivity index (χ2v) is 6.36. The number of nitrogens with zero attached hydrogens (tertiary/aromatic N) is 1. The van der Waals surface area contributed by atoms with E-state index >= 15 is 0 Å². The highest BCUT2D eigenvalue weighted by molar-refractivity contribution is 5.92. The van der Waals surface area contributed by atoms with E-state index in [0.717, 1.165) is 38.5 Å². The molecule has 20 heavy (non-hydrogen) atoms. The third-order valence-electron chi connectivity index (χ3n) is 3.35. The van der Waals surface area contributed by atoms with Gasteiger partial charge in [-0.05, 0) is 52.9 Å². The zero-order valence-corrected chi connectivity index (χ0v) is 13.0. The molecule has 1 aliphatic rings. The summed E-state index contributed by atoms with van der Waals surface area (Å²) < 4.78 is 5.39.